The fourth-order valence-electron chi connectivity index (χ4n) is 1.81. The molecule has 1 heterocycles. The van der Waals surface area contributed by atoms with Gasteiger partial charge in [-0.05, 0) is 27.9 Å². The number of methoxy groups -OCH3 is 2. The fraction of sp³-hybridized carbons (Fsp3) is 0.357. The maximum Gasteiger partial charge on any atom is 0.264 e. The van der Waals surface area contributed by atoms with Crippen LogP contribution in [0.3, 0.4) is 0 Å². The zero-order valence-corrected chi connectivity index (χ0v) is 16.3. The van der Waals surface area contributed by atoms with E-state index in [1.165, 1.54) is 31.6 Å². The lowest BCUT2D eigenvalue weighted by atomic mass is 10.2. The Morgan fingerprint density at radius 3 is 2.35 bits per heavy atom. The summed E-state index contributed by atoms with van der Waals surface area (Å²) in [4.78, 5) is 4.34. The monoisotopic (exact) mass is 420 g/mol. The van der Waals surface area contributed by atoms with E-state index in [4.69, 9.17) is 9.47 Å². The van der Waals surface area contributed by atoms with Crippen molar-refractivity contribution in [2.45, 2.75) is 24.7 Å². The molecule has 2 aromatic rings. The molecule has 0 amide bonds. The molecule has 9 heteroatoms. The number of nitrogens with zero attached hydrogens (tertiary/aromatic N) is 1. The standard InChI is InChI=1S/C14H17BrN2O4S2/c1-8(2)10-7-22-14(16-10)17-23(18,19)13-6-12(21-4)11(20-3)5-9(13)15/h5-8H,1-4H3,(H,16,17). The molecule has 6 nitrogen and oxygen atoms in total. The minimum Gasteiger partial charge on any atom is -0.493 e. The topological polar surface area (TPSA) is 77.5 Å². The van der Waals surface area contributed by atoms with Crippen molar-refractivity contribution in [3.63, 3.8) is 0 Å². The molecule has 0 atom stereocenters. The molecule has 23 heavy (non-hydrogen) atoms. The first-order valence-corrected chi connectivity index (χ1v) is 9.83. The van der Waals surface area contributed by atoms with Gasteiger partial charge in [-0.1, -0.05) is 13.8 Å². The Balaban J connectivity index is 2.38. The summed E-state index contributed by atoms with van der Waals surface area (Å²) in [6.07, 6.45) is 0. The number of anilines is 1. The number of hydrogen-bond acceptors (Lipinski definition) is 6. The summed E-state index contributed by atoms with van der Waals surface area (Å²) in [5, 5.41) is 2.17. The molecule has 0 aliphatic carbocycles. The van der Waals surface area contributed by atoms with Crippen molar-refractivity contribution in [3.05, 3.63) is 27.7 Å². The van der Waals surface area contributed by atoms with Gasteiger partial charge in [-0.15, -0.1) is 11.3 Å². The number of halogens is 1. The Labute approximate surface area is 148 Å². The van der Waals surface area contributed by atoms with E-state index in [0.29, 0.717) is 21.1 Å². The molecular weight excluding hydrogens is 404 g/mol. The van der Waals surface area contributed by atoms with Gasteiger partial charge in [-0.3, -0.25) is 4.72 Å². The van der Waals surface area contributed by atoms with Gasteiger partial charge in [-0.25, -0.2) is 13.4 Å². The third-order valence-electron chi connectivity index (χ3n) is 3.06. The third kappa shape index (κ3) is 3.96. The van der Waals surface area contributed by atoms with Crippen LogP contribution in [0.15, 0.2) is 26.9 Å². The van der Waals surface area contributed by atoms with Crippen LogP contribution >= 0.6 is 27.3 Å². The van der Waals surface area contributed by atoms with Crippen molar-refractivity contribution in [1.29, 1.82) is 0 Å². The number of aromatic nitrogens is 1. The van der Waals surface area contributed by atoms with Crippen molar-refractivity contribution in [2.75, 3.05) is 18.9 Å². The lowest BCUT2D eigenvalue weighted by molar-refractivity contribution is 0.353. The van der Waals surface area contributed by atoms with E-state index in [1.54, 1.807) is 6.07 Å². The van der Waals surface area contributed by atoms with Crippen LogP contribution in [-0.4, -0.2) is 27.6 Å². The van der Waals surface area contributed by atoms with Crippen LogP contribution < -0.4 is 14.2 Å². The average molecular weight is 421 g/mol. The molecule has 0 aliphatic rings. The zero-order chi connectivity index (χ0) is 17.2. The molecule has 126 valence electrons. The van der Waals surface area contributed by atoms with Crippen molar-refractivity contribution in [1.82, 2.24) is 4.98 Å². The van der Waals surface area contributed by atoms with Crippen LogP contribution in [0, 0.1) is 0 Å². The second-order valence-electron chi connectivity index (χ2n) is 4.98. The Morgan fingerprint density at radius 1 is 1.22 bits per heavy atom. The van der Waals surface area contributed by atoms with Crippen LogP contribution in [0.5, 0.6) is 11.5 Å². The lowest BCUT2D eigenvalue weighted by Crippen LogP contribution is -2.14. The summed E-state index contributed by atoms with van der Waals surface area (Å²) in [6.45, 7) is 4.00. The van der Waals surface area contributed by atoms with Crippen molar-refractivity contribution < 1.29 is 17.9 Å². The van der Waals surface area contributed by atoms with E-state index in [2.05, 4.69) is 25.6 Å². The molecule has 1 aromatic heterocycles. The van der Waals surface area contributed by atoms with E-state index in [9.17, 15) is 8.42 Å². The van der Waals surface area contributed by atoms with E-state index < -0.39 is 10.0 Å². The van der Waals surface area contributed by atoms with Gasteiger partial charge in [0, 0.05) is 15.9 Å². The van der Waals surface area contributed by atoms with Gasteiger partial charge < -0.3 is 9.47 Å². The zero-order valence-electron chi connectivity index (χ0n) is 13.1. The number of ether oxygens (including phenoxy) is 2. The molecule has 0 aliphatic heterocycles. The van der Waals surface area contributed by atoms with E-state index in [1.807, 2.05) is 19.2 Å². The van der Waals surface area contributed by atoms with E-state index >= 15 is 0 Å². The molecule has 0 bridgehead atoms. The van der Waals surface area contributed by atoms with Crippen molar-refractivity contribution >= 4 is 42.4 Å². The molecule has 2 rings (SSSR count). The molecule has 0 saturated heterocycles. The minimum absolute atomic E-state index is 0.0523. The predicted octanol–water partition coefficient (Wildman–Crippen LogP) is 3.85. The van der Waals surface area contributed by atoms with Crippen LogP contribution in [-0.2, 0) is 10.0 Å². The van der Waals surface area contributed by atoms with Gasteiger partial charge in [0.1, 0.15) is 4.90 Å². The Kier molecular flexibility index (Phi) is 5.53. The SMILES string of the molecule is COc1cc(Br)c(S(=O)(=O)Nc2nc(C(C)C)cs2)cc1OC. The summed E-state index contributed by atoms with van der Waals surface area (Å²) < 4.78 is 38.4. The summed E-state index contributed by atoms with van der Waals surface area (Å²) in [6, 6.07) is 2.96. The summed E-state index contributed by atoms with van der Waals surface area (Å²) in [5.74, 6) is 1.00. The van der Waals surface area contributed by atoms with Crippen LogP contribution in [0.1, 0.15) is 25.5 Å². The smallest absolute Gasteiger partial charge is 0.264 e. The summed E-state index contributed by atoms with van der Waals surface area (Å²) in [5.41, 5.74) is 0.846. The maximum absolute atomic E-state index is 12.6. The first-order chi connectivity index (χ1) is 10.8. The largest absolute Gasteiger partial charge is 0.493 e. The summed E-state index contributed by atoms with van der Waals surface area (Å²) in [7, 11) is -0.863. The first kappa shape index (κ1) is 18.0. The second-order valence-corrected chi connectivity index (χ2v) is 8.34. The van der Waals surface area contributed by atoms with Gasteiger partial charge in [-0.2, -0.15) is 0 Å². The number of benzene rings is 1. The van der Waals surface area contributed by atoms with Crippen LogP contribution in [0.2, 0.25) is 0 Å². The first-order valence-electron chi connectivity index (χ1n) is 6.68. The van der Waals surface area contributed by atoms with Crippen LogP contribution in [0.25, 0.3) is 0 Å². The lowest BCUT2D eigenvalue weighted by Gasteiger charge is -2.12. The van der Waals surface area contributed by atoms with Crippen molar-refractivity contribution in [3.8, 4) is 11.5 Å². The summed E-state index contributed by atoms with van der Waals surface area (Å²) >= 11 is 4.51. The highest BCUT2D eigenvalue weighted by Gasteiger charge is 2.22. The Hall–Kier alpha value is -1.32. The van der Waals surface area contributed by atoms with Gasteiger partial charge in [0.05, 0.1) is 19.9 Å². The Morgan fingerprint density at radius 2 is 1.83 bits per heavy atom. The second kappa shape index (κ2) is 7.06. The highest BCUT2D eigenvalue weighted by molar-refractivity contribution is 9.10. The number of sulfonamides is 1. The van der Waals surface area contributed by atoms with Crippen molar-refractivity contribution in [2.24, 2.45) is 0 Å². The molecule has 0 radical (unpaired) electrons. The quantitative estimate of drug-likeness (QED) is 0.767. The molecule has 0 fully saturated rings. The normalized spacial score (nSPS) is 11.6. The predicted molar refractivity (Wildman–Crippen MR) is 94.3 cm³/mol. The fourth-order valence-corrected chi connectivity index (χ4v) is 4.97. The molecule has 0 spiro atoms. The van der Waals surface area contributed by atoms with E-state index in [-0.39, 0.29) is 10.8 Å². The number of nitrogens with one attached hydrogen (secondary N) is 1. The number of hydrogen-bond donors (Lipinski definition) is 1. The number of thiazole rings is 1. The van der Waals surface area contributed by atoms with Gasteiger partial charge in [0.25, 0.3) is 10.0 Å². The van der Waals surface area contributed by atoms with Gasteiger partial charge in [0.2, 0.25) is 0 Å². The average Bonchev–Trinajstić information content (AvgIpc) is 2.94. The van der Waals surface area contributed by atoms with Gasteiger partial charge >= 0.3 is 0 Å². The minimum atomic E-state index is -3.80. The molecule has 1 aromatic carbocycles. The highest BCUT2D eigenvalue weighted by Crippen LogP contribution is 2.36. The molecule has 1 N–H and O–H groups in total. The molecular formula is C14H17BrN2O4S2. The van der Waals surface area contributed by atoms with E-state index in [0.717, 1.165) is 5.69 Å². The third-order valence-corrected chi connectivity index (χ3v) is 6.27. The Bertz CT molecular complexity index is 803. The van der Waals surface area contributed by atoms with Gasteiger partial charge in [0.15, 0.2) is 16.6 Å². The maximum atomic E-state index is 12.6. The van der Waals surface area contributed by atoms with Crippen LogP contribution in [0.4, 0.5) is 5.13 Å². The molecule has 0 saturated carbocycles. The number of rotatable bonds is 6. The molecule has 0 unspecified atom stereocenters. The highest BCUT2D eigenvalue weighted by atomic mass is 79.9.